The molecule has 1 fully saturated rings. The van der Waals surface area contributed by atoms with E-state index in [1.54, 1.807) is 0 Å². The molecule has 1 aromatic rings. The molecule has 1 aromatic carbocycles. The Bertz CT molecular complexity index is 499. The summed E-state index contributed by atoms with van der Waals surface area (Å²) in [6.07, 6.45) is 6.58. The van der Waals surface area contributed by atoms with E-state index in [4.69, 9.17) is 0 Å². The van der Waals surface area contributed by atoms with Crippen LogP contribution in [0.25, 0.3) is 0 Å². The third kappa shape index (κ3) is 3.48. The molecule has 0 aliphatic heterocycles. The molecule has 0 aromatic heterocycles. The Morgan fingerprint density at radius 2 is 2.20 bits per heavy atom. The number of carbonyl (C=O) groups is 1. The summed E-state index contributed by atoms with van der Waals surface area (Å²) >= 11 is 1.48. The summed E-state index contributed by atoms with van der Waals surface area (Å²) in [5, 5.41) is 12.9. The molecular weight excluding hydrogens is 270 g/mol. The van der Waals surface area contributed by atoms with Crippen molar-refractivity contribution in [3.63, 3.8) is 0 Å². The lowest BCUT2D eigenvalue weighted by Gasteiger charge is -2.36. The molecule has 0 saturated heterocycles. The fraction of sp³-hybridized carbons (Fsp3) is 0.562. The maximum Gasteiger partial charge on any atom is 0.338 e. The first kappa shape index (κ1) is 15.2. The van der Waals surface area contributed by atoms with Gasteiger partial charge in [0.1, 0.15) is 0 Å². The molecule has 2 N–H and O–H groups in total. The molecule has 0 heterocycles. The second kappa shape index (κ2) is 6.08. The number of thioether (sulfide) groups is 1. The normalized spacial score (nSPS) is 21.4. The van der Waals surface area contributed by atoms with Crippen molar-refractivity contribution < 1.29 is 9.90 Å². The van der Waals surface area contributed by atoms with Crippen LogP contribution in [0.5, 0.6) is 0 Å². The first-order valence-electron chi connectivity index (χ1n) is 7.10. The van der Waals surface area contributed by atoms with E-state index >= 15 is 0 Å². The second-order valence-electron chi connectivity index (χ2n) is 6.29. The first-order chi connectivity index (χ1) is 9.43. The van der Waals surface area contributed by atoms with Crippen molar-refractivity contribution in [1.29, 1.82) is 0 Å². The van der Waals surface area contributed by atoms with E-state index < -0.39 is 5.97 Å². The monoisotopic (exact) mass is 293 g/mol. The molecule has 3 nitrogen and oxygen atoms in total. The number of carboxylic acid groups (broad SMARTS) is 1. The van der Waals surface area contributed by atoms with E-state index in [2.05, 4.69) is 19.2 Å². The van der Waals surface area contributed by atoms with Crippen LogP contribution in [0.15, 0.2) is 23.1 Å². The quantitative estimate of drug-likeness (QED) is 0.803. The van der Waals surface area contributed by atoms with Gasteiger partial charge in [0, 0.05) is 10.9 Å². The predicted octanol–water partition coefficient (Wildman–Crippen LogP) is 4.49. The maximum absolute atomic E-state index is 11.5. The Balaban J connectivity index is 2.23. The number of hydrogen-bond acceptors (Lipinski definition) is 3. The predicted molar refractivity (Wildman–Crippen MR) is 84.8 cm³/mol. The van der Waals surface area contributed by atoms with Crippen molar-refractivity contribution in [2.45, 2.75) is 50.5 Å². The van der Waals surface area contributed by atoms with Crippen LogP contribution in [0.2, 0.25) is 0 Å². The molecule has 2 rings (SSSR count). The SMILES string of the molecule is CSc1cccc(NC2CCCC(C)(C)C2)c1C(=O)O. The van der Waals surface area contributed by atoms with Crippen LogP contribution in [0.4, 0.5) is 5.69 Å². The zero-order valence-electron chi connectivity index (χ0n) is 12.4. The summed E-state index contributed by atoms with van der Waals surface area (Å²) < 4.78 is 0. The first-order valence-corrected chi connectivity index (χ1v) is 8.32. The van der Waals surface area contributed by atoms with Crippen molar-refractivity contribution in [3.8, 4) is 0 Å². The summed E-state index contributed by atoms with van der Waals surface area (Å²) in [5.74, 6) is -0.854. The Kier molecular flexibility index (Phi) is 4.63. The average Bonchev–Trinajstić information content (AvgIpc) is 2.36. The topological polar surface area (TPSA) is 49.3 Å². The molecule has 1 atom stereocenters. The Morgan fingerprint density at radius 1 is 1.45 bits per heavy atom. The van der Waals surface area contributed by atoms with Gasteiger partial charge in [0.2, 0.25) is 0 Å². The number of aromatic carboxylic acids is 1. The van der Waals surface area contributed by atoms with Crippen molar-refractivity contribution >= 4 is 23.4 Å². The molecule has 4 heteroatoms. The number of hydrogen-bond donors (Lipinski definition) is 2. The van der Waals surface area contributed by atoms with Crippen molar-refractivity contribution in [2.75, 3.05) is 11.6 Å². The number of anilines is 1. The molecule has 0 bridgehead atoms. The van der Waals surface area contributed by atoms with Gasteiger partial charge in [-0.05, 0) is 43.1 Å². The van der Waals surface area contributed by atoms with Gasteiger partial charge in [0.15, 0.2) is 0 Å². The zero-order valence-corrected chi connectivity index (χ0v) is 13.2. The summed E-state index contributed by atoms with van der Waals surface area (Å²) in [4.78, 5) is 12.3. The summed E-state index contributed by atoms with van der Waals surface area (Å²) in [6, 6.07) is 6.04. The molecular formula is C16H23NO2S. The van der Waals surface area contributed by atoms with E-state index in [1.165, 1.54) is 24.6 Å². The molecule has 0 spiro atoms. The highest BCUT2D eigenvalue weighted by Crippen LogP contribution is 2.37. The highest BCUT2D eigenvalue weighted by molar-refractivity contribution is 7.98. The lowest BCUT2D eigenvalue weighted by Crippen LogP contribution is -2.32. The van der Waals surface area contributed by atoms with Crippen molar-refractivity contribution in [2.24, 2.45) is 5.41 Å². The minimum Gasteiger partial charge on any atom is -0.478 e. The molecule has 1 aliphatic carbocycles. The zero-order chi connectivity index (χ0) is 14.8. The van der Waals surface area contributed by atoms with E-state index in [0.717, 1.165) is 23.4 Å². The molecule has 1 unspecified atom stereocenters. The number of benzene rings is 1. The lowest BCUT2D eigenvalue weighted by molar-refractivity contribution is 0.0694. The van der Waals surface area contributed by atoms with Crippen molar-refractivity contribution in [1.82, 2.24) is 0 Å². The Labute approximate surface area is 125 Å². The van der Waals surface area contributed by atoms with E-state index in [9.17, 15) is 9.90 Å². The average molecular weight is 293 g/mol. The van der Waals surface area contributed by atoms with Crippen LogP contribution in [-0.4, -0.2) is 23.4 Å². The second-order valence-corrected chi connectivity index (χ2v) is 7.14. The smallest absolute Gasteiger partial charge is 0.338 e. The van der Waals surface area contributed by atoms with Crippen LogP contribution in [0.3, 0.4) is 0 Å². The van der Waals surface area contributed by atoms with Gasteiger partial charge in [-0.1, -0.05) is 26.3 Å². The Morgan fingerprint density at radius 3 is 2.80 bits per heavy atom. The van der Waals surface area contributed by atoms with Gasteiger partial charge < -0.3 is 10.4 Å². The van der Waals surface area contributed by atoms with Crippen LogP contribution in [0, 0.1) is 5.41 Å². The van der Waals surface area contributed by atoms with E-state index in [1.807, 2.05) is 24.5 Å². The van der Waals surface area contributed by atoms with Gasteiger partial charge in [-0.3, -0.25) is 0 Å². The fourth-order valence-corrected chi connectivity index (χ4v) is 3.70. The van der Waals surface area contributed by atoms with Crippen LogP contribution in [0.1, 0.15) is 49.9 Å². The van der Waals surface area contributed by atoms with Gasteiger partial charge in [0.05, 0.1) is 11.3 Å². The third-order valence-corrected chi connectivity index (χ3v) is 4.80. The van der Waals surface area contributed by atoms with Gasteiger partial charge in [-0.25, -0.2) is 4.79 Å². The van der Waals surface area contributed by atoms with Crippen LogP contribution < -0.4 is 5.32 Å². The van der Waals surface area contributed by atoms with Crippen molar-refractivity contribution in [3.05, 3.63) is 23.8 Å². The Hall–Kier alpha value is -1.16. The minimum absolute atomic E-state index is 0.344. The van der Waals surface area contributed by atoms with Gasteiger partial charge in [0.25, 0.3) is 0 Å². The highest BCUT2D eigenvalue weighted by Gasteiger charge is 2.28. The fourth-order valence-electron chi connectivity index (χ4n) is 3.08. The van der Waals surface area contributed by atoms with E-state index in [0.29, 0.717) is 17.0 Å². The maximum atomic E-state index is 11.5. The molecule has 0 radical (unpaired) electrons. The number of carboxylic acids is 1. The van der Waals surface area contributed by atoms with Gasteiger partial charge in [-0.15, -0.1) is 11.8 Å². The minimum atomic E-state index is -0.854. The highest BCUT2D eigenvalue weighted by atomic mass is 32.2. The lowest BCUT2D eigenvalue weighted by atomic mass is 9.75. The van der Waals surface area contributed by atoms with Gasteiger partial charge >= 0.3 is 5.97 Å². The number of nitrogens with one attached hydrogen (secondary N) is 1. The standard InChI is InChI=1S/C16H23NO2S/c1-16(2)9-5-6-11(10-16)17-12-7-4-8-13(20-3)14(12)15(18)19/h4,7-8,11,17H,5-6,9-10H2,1-3H3,(H,18,19). The molecule has 0 amide bonds. The number of rotatable bonds is 4. The van der Waals surface area contributed by atoms with E-state index in [-0.39, 0.29) is 0 Å². The van der Waals surface area contributed by atoms with Crippen LogP contribution in [-0.2, 0) is 0 Å². The molecule has 1 aliphatic rings. The summed E-state index contributed by atoms with van der Waals surface area (Å²) in [7, 11) is 0. The third-order valence-electron chi connectivity index (χ3n) is 4.02. The molecule has 1 saturated carbocycles. The summed E-state index contributed by atoms with van der Waals surface area (Å²) in [5.41, 5.74) is 1.51. The summed E-state index contributed by atoms with van der Waals surface area (Å²) in [6.45, 7) is 4.58. The largest absolute Gasteiger partial charge is 0.478 e. The molecule has 110 valence electrons. The molecule has 20 heavy (non-hydrogen) atoms. The van der Waals surface area contributed by atoms with Crippen LogP contribution >= 0.6 is 11.8 Å². The van der Waals surface area contributed by atoms with Gasteiger partial charge in [-0.2, -0.15) is 0 Å².